The fourth-order valence-electron chi connectivity index (χ4n) is 3.14. The van der Waals surface area contributed by atoms with E-state index < -0.39 is 5.54 Å². The van der Waals surface area contributed by atoms with Gasteiger partial charge in [-0.15, -0.1) is 0 Å². The van der Waals surface area contributed by atoms with Crippen molar-refractivity contribution in [3.05, 3.63) is 0 Å². The van der Waals surface area contributed by atoms with Gasteiger partial charge in [0.25, 0.3) is 5.91 Å². The third-order valence-electron chi connectivity index (χ3n) is 4.29. The lowest BCUT2D eigenvalue weighted by atomic mass is 9.84. The van der Waals surface area contributed by atoms with Gasteiger partial charge in [-0.2, -0.15) is 0 Å². The predicted molar refractivity (Wildman–Crippen MR) is 73.6 cm³/mol. The van der Waals surface area contributed by atoms with Gasteiger partial charge in [0.15, 0.2) is 0 Å². The average Bonchev–Trinajstić information content (AvgIpc) is 2.59. The Labute approximate surface area is 114 Å². The molecule has 0 radical (unpaired) electrons. The number of amides is 3. The van der Waals surface area contributed by atoms with Gasteiger partial charge in [-0.1, -0.05) is 32.1 Å². The highest BCUT2D eigenvalue weighted by molar-refractivity contribution is 6.07. The van der Waals surface area contributed by atoms with Gasteiger partial charge in [0.1, 0.15) is 5.54 Å². The lowest BCUT2D eigenvalue weighted by Crippen LogP contribution is -2.47. The normalized spacial score (nSPS) is 23.3. The second kappa shape index (κ2) is 6.37. The summed E-state index contributed by atoms with van der Waals surface area (Å²) in [7, 11) is 0. The average molecular weight is 267 g/mol. The van der Waals surface area contributed by atoms with Crippen LogP contribution in [0.2, 0.25) is 0 Å². The molecule has 0 atom stereocenters. The topological polar surface area (TPSA) is 75.4 Å². The standard InChI is InChI=1S/C14H25N3O2/c15-10-6-7-11-17-12(18)14(16-13(17)19)8-4-2-1-3-5-9-14/h1-11,15H2,(H,16,19). The number of hydrogen-bond acceptors (Lipinski definition) is 3. The minimum Gasteiger partial charge on any atom is -0.330 e. The van der Waals surface area contributed by atoms with Crippen molar-refractivity contribution in [2.45, 2.75) is 63.3 Å². The highest BCUT2D eigenvalue weighted by Crippen LogP contribution is 2.32. The van der Waals surface area contributed by atoms with Crippen molar-refractivity contribution in [3.63, 3.8) is 0 Å². The zero-order valence-corrected chi connectivity index (χ0v) is 11.6. The molecule has 1 saturated carbocycles. The van der Waals surface area contributed by atoms with Crippen molar-refractivity contribution in [2.75, 3.05) is 13.1 Å². The van der Waals surface area contributed by atoms with Crippen molar-refractivity contribution in [1.29, 1.82) is 0 Å². The Bertz CT molecular complexity index is 336. The van der Waals surface area contributed by atoms with Gasteiger partial charge in [-0.3, -0.25) is 9.69 Å². The number of carbonyl (C=O) groups is 2. The van der Waals surface area contributed by atoms with E-state index in [-0.39, 0.29) is 11.9 Å². The minimum atomic E-state index is -0.597. The quantitative estimate of drug-likeness (QED) is 0.602. The molecule has 2 fully saturated rings. The number of rotatable bonds is 4. The van der Waals surface area contributed by atoms with Crippen LogP contribution in [0.5, 0.6) is 0 Å². The van der Waals surface area contributed by atoms with E-state index >= 15 is 0 Å². The summed E-state index contributed by atoms with van der Waals surface area (Å²) >= 11 is 0. The van der Waals surface area contributed by atoms with Crippen LogP contribution in [0.25, 0.3) is 0 Å². The Balaban J connectivity index is 2.02. The number of nitrogens with two attached hydrogens (primary N) is 1. The molecule has 2 aliphatic rings. The third kappa shape index (κ3) is 3.08. The molecule has 108 valence electrons. The van der Waals surface area contributed by atoms with E-state index in [9.17, 15) is 9.59 Å². The molecular formula is C14H25N3O2. The zero-order chi connectivity index (χ0) is 13.7. The molecule has 1 heterocycles. The van der Waals surface area contributed by atoms with Crippen LogP contribution in [0.15, 0.2) is 0 Å². The summed E-state index contributed by atoms with van der Waals surface area (Å²) in [5, 5.41) is 2.97. The summed E-state index contributed by atoms with van der Waals surface area (Å²) < 4.78 is 0. The first-order valence-corrected chi connectivity index (χ1v) is 7.54. The summed E-state index contributed by atoms with van der Waals surface area (Å²) in [6, 6.07) is -0.206. The minimum absolute atomic E-state index is 0.00331. The molecule has 19 heavy (non-hydrogen) atoms. The summed E-state index contributed by atoms with van der Waals surface area (Å²) in [6.07, 6.45) is 8.88. The third-order valence-corrected chi connectivity index (χ3v) is 4.29. The zero-order valence-electron chi connectivity index (χ0n) is 11.6. The molecule has 5 nitrogen and oxygen atoms in total. The number of unbranched alkanes of at least 4 members (excludes halogenated alkanes) is 1. The molecule has 3 amide bonds. The lowest BCUT2D eigenvalue weighted by Gasteiger charge is -2.28. The van der Waals surface area contributed by atoms with Gasteiger partial charge in [-0.25, -0.2) is 4.79 Å². The number of urea groups is 1. The highest BCUT2D eigenvalue weighted by Gasteiger charge is 2.49. The number of hydrogen-bond donors (Lipinski definition) is 2. The molecule has 0 unspecified atom stereocenters. The van der Waals surface area contributed by atoms with Crippen molar-refractivity contribution in [1.82, 2.24) is 10.2 Å². The Morgan fingerprint density at radius 1 is 1.05 bits per heavy atom. The van der Waals surface area contributed by atoms with Gasteiger partial charge in [0.05, 0.1) is 0 Å². The molecular weight excluding hydrogens is 242 g/mol. The van der Waals surface area contributed by atoms with Crippen LogP contribution in [0.3, 0.4) is 0 Å². The Morgan fingerprint density at radius 2 is 1.68 bits per heavy atom. The molecule has 2 rings (SSSR count). The maximum atomic E-state index is 12.6. The molecule has 1 spiro atoms. The van der Waals surface area contributed by atoms with Crippen molar-refractivity contribution < 1.29 is 9.59 Å². The molecule has 1 saturated heterocycles. The first kappa shape index (κ1) is 14.3. The van der Waals surface area contributed by atoms with E-state index in [0.29, 0.717) is 13.1 Å². The van der Waals surface area contributed by atoms with E-state index in [1.165, 1.54) is 11.3 Å². The molecule has 5 heteroatoms. The van der Waals surface area contributed by atoms with Gasteiger partial charge >= 0.3 is 6.03 Å². The van der Waals surface area contributed by atoms with Crippen molar-refractivity contribution in [3.8, 4) is 0 Å². The molecule has 0 aromatic heterocycles. The van der Waals surface area contributed by atoms with Crippen LogP contribution in [0.1, 0.15) is 57.8 Å². The fraction of sp³-hybridized carbons (Fsp3) is 0.857. The van der Waals surface area contributed by atoms with Crippen LogP contribution in [0.4, 0.5) is 4.79 Å². The van der Waals surface area contributed by atoms with Crippen LogP contribution in [-0.4, -0.2) is 35.5 Å². The summed E-state index contributed by atoms with van der Waals surface area (Å²) in [6.45, 7) is 1.11. The fourth-order valence-corrected chi connectivity index (χ4v) is 3.14. The molecule has 3 N–H and O–H groups in total. The molecule has 1 aliphatic heterocycles. The van der Waals surface area contributed by atoms with Crippen LogP contribution in [0, 0.1) is 0 Å². The van der Waals surface area contributed by atoms with E-state index in [2.05, 4.69) is 5.32 Å². The molecule has 0 aromatic rings. The lowest BCUT2D eigenvalue weighted by molar-refractivity contribution is -0.132. The van der Waals surface area contributed by atoms with Crippen molar-refractivity contribution in [2.24, 2.45) is 5.73 Å². The van der Waals surface area contributed by atoms with Gasteiger partial charge in [0, 0.05) is 6.54 Å². The van der Waals surface area contributed by atoms with Gasteiger partial charge in [-0.05, 0) is 32.2 Å². The summed E-state index contributed by atoms with van der Waals surface area (Å²) in [5.74, 6) is -0.00331. The Hall–Kier alpha value is -1.10. The number of nitrogens with one attached hydrogen (secondary N) is 1. The van der Waals surface area contributed by atoms with Gasteiger partial charge in [0.2, 0.25) is 0 Å². The predicted octanol–water partition coefficient (Wildman–Crippen LogP) is 1.76. The Kier molecular flexibility index (Phi) is 4.80. The SMILES string of the molecule is NCCCCN1C(=O)NC2(CCCCCCC2)C1=O. The van der Waals surface area contributed by atoms with Crippen molar-refractivity contribution >= 4 is 11.9 Å². The highest BCUT2D eigenvalue weighted by atomic mass is 16.2. The largest absolute Gasteiger partial charge is 0.330 e. The molecule has 0 bridgehead atoms. The summed E-state index contributed by atoms with van der Waals surface area (Å²) in [5.41, 5.74) is 4.86. The van der Waals surface area contributed by atoms with Crippen LogP contribution >= 0.6 is 0 Å². The van der Waals surface area contributed by atoms with E-state index in [4.69, 9.17) is 5.73 Å². The first-order chi connectivity index (χ1) is 9.19. The Morgan fingerprint density at radius 3 is 2.32 bits per heavy atom. The van der Waals surface area contributed by atoms with Crippen LogP contribution in [-0.2, 0) is 4.79 Å². The van der Waals surface area contributed by atoms with Gasteiger partial charge < -0.3 is 11.1 Å². The van der Waals surface area contributed by atoms with E-state index in [1.807, 2.05) is 0 Å². The second-order valence-electron chi connectivity index (χ2n) is 5.73. The van der Waals surface area contributed by atoms with Crippen LogP contribution < -0.4 is 11.1 Å². The molecule has 1 aliphatic carbocycles. The summed E-state index contributed by atoms with van der Waals surface area (Å²) in [4.78, 5) is 26.0. The second-order valence-corrected chi connectivity index (χ2v) is 5.73. The maximum Gasteiger partial charge on any atom is 0.325 e. The maximum absolute atomic E-state index is 12.6. The number of nitrogens with zero attached hydrogens (tertiary/aromatic N) is 1. The molecule has 0 aromatic carbocycles. The smallest absolute Gasteiger partial charge is 0.325 e. The first-order valence-electron chi connectivity index (χ1n) is 7.54. The van der Waals surface area contributed by atoms with E-state index in [1.54, 1.807) is 0 Å². The monoisotopic (exact) mass is 267 g/mol. The number of imide groups is 1. The number of carbonyl (C=O) groups excluding carboxylic acids is 2. The van der Waals surface area contributed by atoms with E-state index in [0.717, 1.165) is 51.4 Å².